The van der Waals surface area contributed by atoms with E-state index < -0.39 is 0 Å². The highest BCUT2D eigenvalue weighted by Gasteiger charge is 2.18. The summed E-state index contributed by atoms with van der Waals surface area (Å²) in [4.78, 5) is 4.71. The van der Waals surface area contributed by atoms with Crippen LogP contribution in [0, 0.1) is 6.92 Å². The van der Waals surface area contributed by atoms with Crippen LogP contribution >= 0.6 is 11.6 Å². The Kier molecular flexibility index (Phi) is 5.47. The van der Waals surface area contributed by atoms with Gasteiger partial charge in [0.1, 0.15) is 5.82 Å². The van der Waals surface area contributed by atoms with Crippen LogP contribution in [0.25, 0.3) is 11.0 Å². The molecule has 0 saturated heterocycles. The molecule has 1 aromatic heterocycles. The molecule has 1 unspecified atom stereocenters. The van der Waals surface area contributed by atoms with Crippen molar-refractivity contribution >= 4 is 22.6 Å². The van der Waals surface area contributed by atoms with Crippen LogP contribution in [0.3, 0.4) is 0 Å². The van der Waals surface area contributed by atoms with Gasteiger partial charge in [-0.25, -0.2) is 4.98 Å². The molecule has 2 aromatic rings. The number of fused-ring (bicyclic) bond motifs is 1. The number of rotatable bonds is 7. The van der Waals surface area contributed by atoms with Crippen molar-refractivity contribution in [3.63, 3.8) is 0 Å². The number of nitrogens with zero attached hydrogens (tertiary/aromatic N) is 2. The van der Waals surface area contributed by atoms with E-state index in [1.165, 1.54) is 43.2 Å². The Labute approximate surface area is 127 Å². The lowest BCUT2D eigenvalue weighted by atomic mass is 10.0. The van der Waals surface area contributed by atoms with Crippen LogP contribution in [0.5, 0.6) is 0 Å². The highest BCUT2D eigenvalue weighted by atomic mass is 35.5. The number of aromatic nitrogens is 2. The van der Waals surface area contributed by atoms with E-state index in [9.17, 15) is 0 Å². The van der Waals surface area contributed by atoms with Crippen molar-refractivity contribution in [1.82, 2.24) is 9.55 Å². The predicted molar refractivity (Wildman–Crippen MR) is 87.5 cm³/mol. The molecule has 0 aliphatic carbocycles. The number of imidazole rings is 1. The van der Waals surface area contributed by atoms with Gasteiger partial charge in [-0.3, -0.25) is 0 Å². The van der Waals surface area contributed by atoms with E-state index in [1.54, 1.807) is 0 Å². The van der Waals surface area contributed by atoms with E-state index in [0.717, 1.165) is 11.3 Å². The van der Waals surface area contributed by atoms with Crippen molar-refractivity contribution in [3.05, 3.63) is 29.6 Å². The number of hydrogen-bond acceptors (Lipinski definition) is 1. The van der Waals surface area contributed by atoms with Gasteiger partial charge in [-0.1, -0.05) is 39.2 Å². The molecule has 2 rings (SSSR count). The molecule has 0 N–H and O–H groups in total. The zero-order valence-electron chi connectivity index (χ0n) is 12.8. The third-order valence-electron chi connectivity index (χ3n) is 3.92. The summed E-state index contributed by atoms with van der Waals surface area (Å²) in [5, 5.41) is 0. The van der Waals surface area contributed by atoms with Crippen LogP contribution in [0.1, 0.15) is 63.4 Å². The molecule has 0 saturated carbocycles. The molecule has 0 aliphatic rings. The standard InChI is InChI=1S/C17H25ClN2/c1-4-6-8-14(7-5-2)20-16-11-13(3)9-10-15(16)19-17(20)12-18/h9-11,14H,4-8,12H2,1-3H3. The first kappa shape index (κ1) is 15.4. The van der Waals surface area contributed by atoms with Crippen LogP contribution in [-0.4, -0.2) is 9.55 Å². The Bertz CT molecular complexity index is 559. The average Bonchev–Trinajstić information content (AvgIpc) is 2.81. The number of benzene rings is 1. The summed E-state index contributed by atoms with van der Waals surface area (Å²) in [5.74, 6) is 1.50. The van der Waals surface area contributed by atoms with E-state index in [-0.39, 0.29) is 0 Å². The molecular weight excluding hydrogens is 268 g/mol. The topological polar surface area (TPSA) is 17.8 Å². The molecule has 1 heterocycles. The van der Waals surface area contributed by atoms with E-state index in [4.69, 9.17) is 16.6 Å². The van der Waals surface area contributed by atoms with Gasteiger partial charge in [-0.05, 0) is 37.5 Å². The molecule has 0 spiro atoms. The van der Waals surface area contributed by atoms with Crippen molar-refractivity contribution < 1.29 is 0 Å². The molecule has 1 aromatic carbocycles. The minimum atomic E-state index is 0.486. The highest BCUT2D eigenvalue weighted by Crippen LogP contribution is 2.29. The van der Waals surface area contributed by atoms with E-state index in [1.807, 2.05) is 0 Å². The number of unbranched alkanes of at least 4 members (excludes halogenated alkanes) is 1. The summed E-state index contributed by atoms with van der Waals surface area (Å²) in [6.07, 6.45) is 6.11. The quantitative estimate of drug-likeness (QED) is 0.606. The van der Waals surface area contributed by atoms with Gasteiger partial charge in [-0.15, -0.1) is 11.6 Å². The van der Waals surface area contributed by atoms with Crippen molar-refractivity contribution in [2.75, 3.05) is 0 Å². The fourth-order valence-corrected chi connectivity index (χ4v) is 3.12. The minimum Gasteiger partial charge on any atom is -0.324 e. The number of hydrogen-bond donors (Lipinski definition) is 0. The van der Waals surface area contributed by atoms with Crippen LogP contribution in [0.4, 0.5) is 0 Å². The smallest absolute Gasteiger partial charge is 0.125 e. The third kappa shape index (κ3) is 3.17. The normalized spacial score (nSPS) is 13.0. The lowest BCUT2D eigenvalue weighted by Gasteiger charge is -2.21. The van der Waals surface area contributed by atoms with Crippen LogP contribution in [0.2, 0.25) is 0 Å². The molecule has 20 heavy (non-hydrogen) atoms. The fourth-order valence-electron chi connectivity index (χ4n) is 2.93. The highest BCUT2D eigenvalue weighted by molar-refractivity contribution is 6.16. The summed E-state index contributed by atoms with van der Waals surface area (Å²) in [6, 6.07) is 7.01. The monoisotopic (exact) mass is 292 g/mol. The first-order valence-corrected chi connectivity index (χ1v) is 8.28. The van der Waals surface area contributed by atoms with Gasteiger partial charge in [0.15, 0.2) is 0 Å². The van der Waals surface area contributed by atoms with Crippen molar-refractivity contribution in [3.8, 4) is 0 Å². The maximum absolute atomic E-state index is 6.14. The lowest BCUT2D eigenvalue weighted by molar-refractivity contribution is 0.418. The fraction of sp³-hybridized carbons (Fsp3) is 0.588. The van der Waals surface area contributed by atoms with E-state index in [0.29, 0.717) is 11.9 Å². The van der Waals surface area contributed by atoms with Gasteiger partial charge in [-0.2, -0.15) is 0 Å². The first-order valence-electron chi connectivity index (χ1n) is 7.74. The van der Waals surface area contributed by atoms with Gasteiger partial charge in [0.05, 0.1) is 16.9 Å². The molecule has 0 fully saturated rings. The molecule has 0 aliphatic heterocycles. The Hall–Kier alpha value is -1.02. The summed E-state index contributed by atoms with van der Waals surface area (Å²) in [7, 11) is 0. The van der Waals surface area contributed by atoms with Gasteiger partial charge in [0.25, 0.3) is 0 Å². The van der Waals surface area contributed by atoms with Crippen molar-refractivity contribution in [2.24, 2.45) is 0 Å². The van der Waals surface area contributed by atoms with E-state index in [2.05, 4.69) is 43.5 Å². The van der Waals surface area contributed by atoms with Gasteiger partial charge >= 0.3 is 0 Å². The third-order valence-corrected chi connectivity index (χ3v) is 4.15. The zero-order chi connectivity index (χ0) is 14.5. The average molecular weight is 293 g/mol. The second-order valence-corrected chi connectivity index (χ2v) is 5.88. The van der Waals surface area contributed by atoms with Crippen LogP contribution in [-0.2, 0) is 5.88 Å². The Balaban J connectivity index is 2.49. The Morgan fingerprint density at radius 1 is 1.20 bits per heavy atom. The maximum atomic E-state index is 6.14. The second-order valence-electron chi connectivity index (χ2n) is 5.61. The summed E-state index contributed by atoms with van der Waals surface area (Å²) in [5.41, 5.74) is 3.60. The van der Waals surface area contributed by atoms with Gasteiger partial charge in [0, 0.05) is 6.04 Å². The zero-order valence-corrected chi connectivity index (χ0v) is 13.6. The molecule has 110 valence electrons. The molecule has 3 heteroatoms. The van der Waals surface area contributed by atoms with Crippen LogP contribution < -0.4 is 0 Å². The number of halogens is 1. The first-order chi connectivity index (χ1) is 9.71. The molecular formula is C17H25ClN2. The summed E-state index contributed by atoms with van der Waals surface area (Å²) in [6.45, 7) is 6.64. The Morgan fingerprint density at radius 3 is 2.65 bits per heavy atom. The maximum Gasteiger partial charge on any atom is 0.125 e. The lowest BCUT2D eigenvalue weighted by Crippen LogP contribution is -2.12. The number of aryl methyl sites for hydroxylation is 1. The van der Waals surface area contributed by atoms with Gasteiger partial charge < -0.3 is 4.57 Å². The summed E-state index contributed by atoms with van der Waals surface area (Å²) < 4.78 is 2.40. The molecule has 0 bridgehead atoms. The SMILES string of the molecule is CCCCC(CCC)n1c(CCl)nc2ccc(C)cc21. The Morgan fingerprint density at radius 2 is 2.00 bits per heavy atom. The number of alkyl halides is 1. The predicted octanol–water partition coefficient (Wildman–Crippen LogP) is 5.61. The minimum absolute atomic E-state index is 0.486. The van der Waals surface area contributed by atoms with Crippen LogP contribution in [0.15, 0.2) is 18.2 Å². The van der Waals surface area contributed by atoms with E-state index >= 15 is 0 Å². The second kappa shape index (κ2) is 7.12. The molecule has 0 radical (unpaired) electrons. The molecule has 2 nitrogen and oxygen atoms in total. The summed E-state index contributed by atoms with van der Waals surface area (Å²) >= 11 is 6.14. The van der Waals surface area contributed by atoms with Crippen molar-refractivity contribution in [1.29, 1.82) is 0 Å². The molecule has 1 atom stereocenters. The largest absolute Gasteiger partial charge is 0.324 e. The van der Waals surface area contributed by atoms with Gasteiger partial charge in [0.2, 0.25) is 0 Å². The van der Waals surface area contributed by atoms with Crippen molar-refractivity contribution in [2.45, 2.75) is 64.8 Å². The molecule has 0 amide bonds.